The fourth-order valence-corrected chi connectivity index (χ4v) is 1.60. The van der Waals surface area contributed by atoms with Crippen molar-refractivity contribution in [3.63, 3.8) is 0 Å². The molecule has 78 valence electrons. The van der Waals surface area contributed by atoms with Gasteiger partial charge in [-0.05, 0) is 34.6 Å². The van der Waals surface area contributed by atoms with Gasteiger partial charge in [-0.15, -0.1) is 0 Å². The molecule has 4 heteroatoms. The van der Waals surface area contributed by atoms with Crippen LogP contribution in [0.2, 0.25) is 0 Å². The number of nitrogens with zero attached hydrogens (tertiary/aromatic N) is 1. The maximum atomic E-state index is 13.1. The predicted octanol–water partition coefficient (Wildman–Crippen LogP) is 2.01. The summed E-state index contributed by atoms with van der Waals surface area (Å²) in [4.78, 5) is 1.93. The topological polar surface area (TPSA) is 23.5 Å². The second kappa shape index (κ2) is 5.44. The van der Waals surface area contributed by atoms with Crippen molar-refractivity contribution >= 4 is 15.9 Å². The highest BCUT2D eigenvalue weighted by Gasteiger charge is 2.06. The zero-order valence-corrected chi connectivity index (χ0v) is 9.59. The Labute approximate surface area is 91.5 Å². The number of rotatable bonds is 4. The Morgan fingerprint density at radius 2 is 2.21 bits per heavy atom. The number of aliphatic hydroxyl groups is 1. The molecule has 2 nitrogen and oxygen atoms in total. The van der Waals surface area contributed by atoms with Gasteiger partial charge in [0.15, 0.2) is 0 Å². The number of hydrogen-bond donors (Lipinski definition) is 1. The molecule has 0 saturated heterocycles. The zero-order chi connectivity index (χ0) is 10.6. The Balaban J connectivity index is 2.71. The van der Waals surface area contributed by atoms with Crippen LogP contribution in [0.1, 0.15) is 5.56 Å². The average molecular weight is 262 g/mol. The van der Waals surface area contributed by atoms with Gasteiger partial charge in [0.2, 0.25) is 0 Å². The molecule has 0 unspecified atom stereocenters. The number of halogens is 2. The lowest BCUT2D eigenvalue weighted by molar-refractivity contribution is 0.217. The Morgan fingerprint density at radius 3 is 2.86 bits per heavy atom. The summed E-state index contributed by atoms with van der Waals surface area (Å²) >= 11 is 3.20. The lowest BCUT2D eigenvalue weighted by Crippen LogP contribution is -2.21. The van der Waals surface area contributed by atoms with Gasteiger partial charge in [-0.2, -0.15) is 0 Å². The molecule has 0 fully saturated rings. The highest BCUT2D eigenvalue weighted by atomic mass is 79.9. The Hall–Kier alpha value is -0.450. The van der Waals surface area contributed by atoms with E-state index in [1.807, 2.05) is 18.0 Å². The summed E-state index contributed by atoms with van der Waals surface area (Å²) in [5.74, 6) is -0.250. The first kappa shape index (κ1) is 11.6. The lowest BCUT2D eigenvalue weighted by Gasteiger charge is -2.16. The average Bonchev–Trinajstić information content (AvgIpc) is 2.13. The third-order valence-electron chi connectivity index (χ3n) is 1.95. The van der Waals surface area contributed by atoms with Crippen LogP contribution in [-0.2, 0) is 6.54 Å². The summed E-state index contributed by atoms with van der Waals surface area (Å²) in [6.45, 7) is 1.32. The van der Waals surface area contributed by atoms with Crippen LogP contribution in [-0.4, -0.2) is 30.2 Å². The fraction of sp³-hybridized carbons (Fsp3) is 0.400. The Morgan fingerprint density at radius 1 is 1.50 bits per heavy atom. The van der Waals surface area contributed by atoms with Crippen LogP contribution in [0, 0.1) is 5.82 Å². The van der Waals surface area contributed by atoms with Crippen LogP contribution in [0.15, 0.2) is 22.7 Å². The molecule has 1 aromatic carbocycles. The predicted molar refractivity (Wildman–Crippen MR) is 57.5 cm³/mol. The van der Waals surface area contributed by atoms with Crippen molar-refractivity contribution in [3.05, 3.63) is 34.1 Å². The minimum atomic E-state index is -0.250. The van der Waals surface area contributed by atoms with Gasteiger partial charge in [0, 0.05) is 13.1 Å². The van der Waals surface area contributed by atoms with Crippen LogP contribution >= 0.6 is 15.9 Å². The van der Waals surface area contributed by atoms with Crippen molar-refractivity contribution in [2.75, 3.05) is 20.2 Å². The molecule has 0 heterocycles. The van der Waals surface area contributed by atoms with E-state index in [0.717, 1.165) is 5.56 Å². The van der Waals surface area contributed by atoms with Gasteiger partial charge in [-0.25, -0.2) is 4.39 Å². The summed E-state index contributed by atoms with van der Waals surface area (Å²) in [5.41, 5.74) is 0.890. The van der Waals surface area contributed by atoms with Gasteiger partial charge in [0.25, 0.3) is 0 Å². The van der Waals surface area contributed by atoms with Crippen molar-refractivity contribution < 1.29 is 9.50 Å². The molecule has 0 aliphatic carbocycles. The number of benzene rings is 1. The molecule has 0 aromatic heterocycles. The van der Waals surface area contributed by atoms with Crippen molar-refractivity contribution in [2.45, 2.75) is 6.54 Å². The Bertz CT molecular complexity index is 306. The van der Waals surface area contributed by atoms with E-state index in [1.54, 1.807) is 6.07 Å². The van der Waals surface area contributed by atoms with Crippen molar-refractivity contribution in [2.24, 2.45) is 0 Å². The summed E-state index contributed by atoms with van der Waals surface area (Å²) in [6.07, 6.45) is 0. The molecule has 14 heavy (non-hydrogen) atoms. The molecule has 0 aliphatic heterocycles. The van der Waals surface area contributed by atoms with E-state index < -0.39 is 0 Å². The van der Waals surface area contributed by atoms with Gasteiger partial charge < -0.3 is 5.11 Å². The molecule has 0 aliphatic rings. The van der Waals surface area contributed by atoms with Crippen LogP contribution < -0.4 is 0 Å². The second-order valence-corrected chi connectivity index (χ2v) is 3.97. The van der Waals surface area contributed by atoms with E-state index in [2.05, 4.69) is 15.9 Å². The van der Waals surface area contributed by atoms with Crippen LogP contribution in [0.5, 0.6) is 0 Å². The van der Waals surface area contributed by atoms with Crippen molar-refractivity contribution in [1.82, 2.24) is 4.90 Å². The summed E-state index contributed by atoms with van der Waals surface area (Å²) in [7, 11) is 1.88. The molecule has 1 N–H and O–H groups in total. The third-order valence-corrected chi connectivity index (χ3v) is 2.84. The molecule has 0 spiro atoms. The van der Waals surface area contributed by atoms with Crippen molar-refractivity contribution in [3.8, 4) is 0 Å². The van der Waals surface area contributed by atoms with E-state index in [0.29, 0.717) is 17.6 Å². The van der Waals surface area contributed by atoms with Gasteiger partial charge >= 0.3 is 0 Å². The lowest BCUT2D eigenvalue weighted by atomic mass is 10.2. The quantitative estimate of drug-likeness (QED) is 0.897. The third kappa shape index (κ3) is 3.04. The van der Waals surface area contributed by atoms with Crippen LogP contribution in [0.3, 0.4) is 0 Å². The summed E-state index contributed by atoms with van der Waals surface area (Å²) in [5, 5.41) is 8.71. The molecule has 0 bridgehead atoms. The van der Waals surface area contributed by atoms with E-state index in [-0.39, 0.29) is 12.4 Å². The normalized spacial score (nSPS) is 10.9. The van der Waals surface area contributed by atoms with Gasteiger partial charge in [0.1, 0.15) is 5.82 Å². The molecule has 0 atom stereocenters. The standard InChI is InChI=1S/C10H13BrFNO/c1-13(5-6-14)7-8-3-2-4-9(12)10(8)11/h2-4,14H,5-7H2,1H3. The second-order valence-electron chi connectivity index (χ2n) is 3.17. The molecule has 0 radical (unpaired) electrons. The van der Waals surface area contributed by atoms with E-state index in [9.17, 15) is 4.39 Å². The molecule has 0 saturated carbocycles. The monoisotopic (exact) mass is 261 g/mol. The number of likely N-dealkylation sites (N-methyl/N-ethyl adjacent to an activating group) is 1. The smallest absolute Gasteiger partial charge is 0.137 e. The van der Waals surface area contributed by atoms with Gasteiger partial charge in [-0.3, -0.25) is 4.90 Å². The fourth-order valence-electron chi connectivity index (χ4n) is 1.21. The highest BCUT2D eigenvalue weighted by molar-refractivity contribution is 9.10. The van der Waals surface area contributed by atoms with E-state index in [1.165, 1.54) is 6.07 Å². The van der Waals surface area contributed by atoms with E-state index >= 15 is 0 Å². The summed E-state index contributed by atoms with van der Waals surface area (Å²) in [6, 6.07) is 4.96. The SMILES string of the molecule is CN(CCO)Cc1cccc(F)c1Br. The zero-order valence-electron chi connectivity index (χ0n) is 8.00. The molecule has 1 aromatic rings. The molecule has 1 rings (SSSR count). The first-order valence-electron chi connectivity index (χ1n) is 4.37. The first-order valence-corrected chi connectivity index (χ1v) is 5.16. The van der Waals surface area contributed by atoms with Gasteiger partial charge in [-0.1, -0.05) is 12.1 Å². The number of aliphatic hydroxyl groups excluding tert-OH is 1. The minimum absolute atomic E-state index is 0.115. The molecular weight excluding hydrogens is 249 g/mol. The van der Waals surface area contributed by atoms with Crippen molar-refractivity contribution in [1.29, 1.82) is 0 Å². The maximum Gasteiger partial charge on any atom is 0.137 e. The molecular formula is C10H13BrFNO. The summed E-state index contributed by atoms with van der Waals surface area (Å²) < 4.78 is 13.6. The number of hydrogen-bond acceptors (Lipinski definition) is 2. The van der Waals surface area contributed by atoms with Crippen LogP contribution in [0.4, 0.5) is 4.39 Å². The first-order chi connectivity index (χ1) is 6.65. The highest BCUT2D eigenvalue weighted by Crippen LogP contribution is 2.21. The molecule has 0 amide bonds. The van der Waals surface area contributed by atoms with E-state index in [4.69, 9.17) is 5.11 Å². The van der Waals surface area contributed by atoms with Crippen LogP contribution in [0.25, 0.3) is 0 Å². The minimum Gasteiger partial charge on any atom is -0.395 e. The maximum absolute atomic E-state index is 13.1. The van der Waals surface area contributed by atoms with Gasteiger partial charge in [0.05, 0.1) is 11.1 Å². The Kier molecular flexibility index (Phi) is 4.51. The largest absolute Gasteiger partial charge is 0.395 e.